The van der Waals surface area contributed by atoms with Gasteiger partial charge in [-0.15, -0.1) is 0 Å². The fraction of sp³-hybridized carbons (Fsp3) is 0.176. The number of anilines is 2. The van der Waals surface area contributed by atoms with Crippen LogP contribution in [0.25, 0.3) is 33.0 Å². The molecule has 0 unspecified atom stereocenters. The fourth-order valence-corrected chi connectivity index (χ4v) is 5.93. The summed E-state index contributed by atoms with van der Waals surface area (Å²) in [4.78, 5) is 2.50. The summed E-state index contributed by atoms with van der Waals surface area (Å²) in [5, 5.41) is 2.56. The highest BCUT2D eigenvalue weighted by Gasteiger charge is 2.35. The zero-order valence-electron chi connectivity index (χ0n) is 20.9. The van der Waals surface area contributed by atoms with Gasteiger partial charge in [0.2, 0.25) is 0 Å². The van der Waals surface area contributed by atoms with Gasteiger partial charge in [-0.05, 0) is 70.6 Å². The Bertz CT molecular complexity index is 1550. The molecule has 0 aliphatic heterocycles. The van der Waals surface area contributed by atoms with Crippen molar-refractivity contribution >= 4 is 22.1 Å². The van der Waals surface area contributed by atoms with Crippen LogP contribution in [0.1, 0.15) is 38.8 Å². The molecule has 6 rings (SSSR count). The second kappa shape index (κ2) is 8.13. The second-order valence-electron chi connectivity index (χ2n) is 10.4. The van der Waals surface area contributed by atoms with Crippen molar-refractivity contribution < 1.29 is 0 Å². The topological polar surface area (TPSA) is 3.24 Å². The van der Waals surface area contributed by atoms with Crippen LogP contribution < -0.4 is 4.90 Å². The van der Waals surface area contributed by atoms with E-state index in [9.17, 15) is 0 Å². The largest absolute Gasteiger partial charge is 0.338 e. The maximum absolute atomic E-state index is 2.50. The van der Waals surface area contributed by atoms with Crippen molar-refractivity contribution in [2.45, 2.75) is 39.2 Å². The average Bonchev–Trinajstić information content (AvgIpc) is 3.11. The lowest BCUT2D eigenvalue weighted by molar-refractivity contribution is 0.659. The molecule has 35 heavy (non-hydrogen) atoms. The predicted octanol–water partition coefficient (Wildman–Crippen LogP) is 9.36. The van der Waals surface area contributed by atoms with Gasteiger partial charge in [-0.3, -0.25) is 0 Å². The monoisotopic (exact) mass is 453 g/mol. The molecule has 172 valence electrons. The number of hydrogen-bond acceptors (Lipinski definition) is 1. The molecule has 0 saturated heterocycles. The third-order valence-electron chi connectivity index (χ3n) is 7.61. The lowest BCUT2D eigenvalue weighted by Crippen LogP contribution is -2.26. The van der Waals surface area contributed by atoms with E-state index in [0.29, 0.717) is 6.04 Å². The third-order valence-corrected chi connectivity index (χ3v) is 7.61. The van der Waals surface area contributed by atoms with Crippen molar-refractivity contribution in [3.05, 3.63) is 120 Å². The number of hydrogen-bond donors (Lipinski definition) is 0. The van der Waals surface area contributed by atoms with Crippen LogP contribution in [0.4, 0.5) is 11.4 Å². The molecule has 0 heterocycles. The summed E-state index contributed by atoms with van der Waals surface area (Å²) in [6.45, 7) is 9.27. The van der Waals surface area contributed by atoms with E-state index in [4.69, 9.17) is 0 Å². The van der Waals surface area contributed by atoms with Gasteiger partial charge >= 0.3 is 0 Å². The van der Waals surface area contributed by atoms with E-state index in [0.717, 1.165) is 0 Å². The van der Waals surface area contributed by atoms with Gasteiger partial charge in [0.25, 0.3) is 0 Å². The van der Waals surface area contributed by atoms with Gasteiger partial charge in [0, 0.05) is 28.4 Å². The van der Waals surface area contributed by atoms with Crippen LogP contribution in [0, 0.1) is 0 Å². The molecule has 1 nitrogen and oxygen atoms in total. The highest BCUT2D eigenvalue weighted by atomic mass is 15.2. The summed E-state index contributed by atoms with van der Waals surface area (Å²) in [6, 6.07) is 40.4. The molecule has 1 aliphatic carbocycles. The van der Waals surface area contributed by atoms with Crippen molar-refractivity contribution in [3.63, 3.8) is 0 Å². The Labute approximate surface area is 208 Å². The molecular formula is C34H31N. The Morgan fingerprint density at radius 1 is 0.571 bits per heavy atom. The zero-order chi connectivity index (χ0) is 24.2. The molecule has 5 aromatic rings. The van der Waals surface area contributed by atoms with E-state index in [-0.39, 0.29) is 5.41 Å². The average molecular weight is 454 g/mol. The minimum atomic E-state index is -0.0142. The summed E-state index contributed by atoms with van der Waals surface area (Å²) >= 11 is 0. The van der Waals surface area contributed by atoms with Gasteiger partial charge in [-0.2, -0.15) is 0 Å². The summed E-state index contributed by atoms with van der Waals surface area (Å²) in [6.07, 6.45) is 0. The normalized spacial score (nSPS) is 13.6. The number of fused-ring (bicyclic) bond motifs is 4. The first kappa shape index (κ1) is 21.7. The van der Waals surface area contributed by atoms with E-state index in [1.54, 1.807) is 0 Å². The minimum absolute atomic E-state index is 0.0142. The van der Waals surface area contributed by atoms with Crippen molar-refractivity contribution in [2.24, 2.45) is 0 Å². The van der Waals surface area contributed by atoms with E-state index in [1.165, 1.54) is 55.5 Å². The number of rotatable bonds is 4. The van der Waals surface area contributed by atoms with Crippen molar-refractivity contribution in [3.8, 4) is 22.3 Å². The fourth-order valence-electron chi connectivity index (χ4n) is 5.93. The maximum atomic E-state index is 2.50. The molecular weight excluding hydrogens is 422 g/mol. The van der Waals surface area contributed by atoms with Crippen LogP contribution in [0.2, 0.25) is 0 Å². The number of para-hydroxylation sites is 1. The van der Waals surface area contributed by atoms with Gasteiger partial charge < -0.3 is 4.90 Å². The van der Waals surface area contributed by atoms with Gasteiger partial charge in [-0.1, -0.05) is 105 Å². The first-order valence-corrected chi connectivity index (χ1v) is 12.6. The molecule has 0 aromatic heterocycles. The van der Waals surface area contributed by atoms with Gasteiger partial charge in [-0.25, -0.2) is 0 Å². The Balaban J connectivity index is 1.53. The van der Waals surface area contributed by atoms with E-state index < -0.39 is 0 Å². The molecule has 0 spiro atoms. The Hall–Kier alpha value is -3.84. The number of nitrogens with zero attached hydrogens (tertiary/aromatic N) is 1. The maximum Gasteiger partial charge on any atom is 0.0493 e. The predicted molar refractivity (Wildman–Crippen MR) is 151 cm³/mol. The SMILES string of the molecule is CC(C)N(c1ccc2c(c1)C(C)(C)c1ccccc1-2)c1ccccc1-c1cccc2ccccc12. The third kappa shape index (κ3) is 3.38. The molecule has 1 aliphatic rings. The molecule has 5 aromatic carbocycles. The van der Waals surface area contributed by atoms with Crippen molar-refractivity contribution in [2.75, 3.05) is 4.90 Å². The molecule has 0 amide bonds. The van der Waals surface area contributed by atoms with Crippen LogP contribution in [0.5, 0.6) is 0 Å². The molecule has 0 radical (unpaired) electrons. The zero-order valence-corrected chi connectivity index (χ0v) is 20.9. The van der Waals surface area contributed by atoms with Crippen LogP contribution in [0.3, 0.4) is 0 Å². The minimum Gasteiger partial charge on any atom is -0.338 e. The molecule has 1 heteroatoms. The molecule has 0 saturated carbocycles. The smallest absolute Gasteiger partial charge is 0.0493 e. The van der Waals surface area contributed by atoms with Crippen LogP contribution in [-0.2, 0) is 5.41 Å². The lowest BCUT2D eigenvalue weighted by Gasteiger charge is -2.33. The molecule has 0 N–H and O–H groups in total. The molecule has 0 atom stereocenters. The Kier molecular flexibility index (Phi) is 5.04. The van der Waals surface area contributed by atoms with Crippen LogP contribution in [-0.4, -0.2) is 6.04 Å². The second-order valence-corrected chi connectivity index (χ2v) is 10.4. The summed E-state index contributed by atoms with van der Waals surface area (Å²) in [5.74, 6) is 0. The highest BCUT2D eigenvalue weighted by molar-refractivity contribution is 6.00. The van der Waals surface area contributed by atoms with E-state index >= 15 is 0 Å². The summed E-state index contributed by atoms with van der Waals surface area (Å²) in [7, 11) is 0. The molecule has 0 fully saturated rings. The Morgan fingerprint density at radius 3 is 2.03 bits per heavy atom. The van der Waals surface area contributed by atoms with E-state index in [1.807, 2.05) is 0 Å². The van der Waals surface area contributed by atoms with Gasteiger partial charge in [0.15, 0.2) is 0 Å². The van der Waals surface area contributed by atoms with Gasteiger partial charge in [0.1, 0.15) is 0 Å². The first-order valence-electron chi connectivity index (χ1n) is 12.6. The summed E-state index contributed by atoms with van der Waals surface area (Å²) < 4.78 is 0. The lowest BCUT2D eigenvalue weighted by atomic mass is 9.82. The standard InChI is InChI=1S/C34H31N/c1-23(2)35(25-20-21-29-28-15-7-9-18-31(28)34(3,4)32(29)22-25)33-19-10-8-16-30(33)27-17-11-13-24-12-5-6-14-26(24)27/h5-23H,1-4H3. The van der Waals surface area contributed by atoms with Gasteiger partial charge in [0.05, 0.1) is 0 Å². The van der Waals surface area contributed by atoms with Crippen LogP contribution >= 0.6 is 0 Å². The Morgan fingerprint density at radius 2 is 1.20 bits per heavy atom. The van der Waals surface area contributed by atoms with Crippen molar-refractivity contribution in [1.82, 2.24) is 0 Å². The summed E-state index contributed by atoms with van der Waals surface area (Å²) in [5.41, 5.74) is 10.6. The number of benzene rings is 5. The highest BCUT2D eigenvalue weighted by Crippen LogP contribution is 2.50. The van der Waals surface area contributed by atoms with Crippen LogP contribution in [0.15, 0.2) is 109 Å². The van der Waals surface area contributed by atoms with E-state index in [2.05, 4.69) is 142 Å². The quantitative estimate of drug-likeness (QED) is 0.262. The van der Waals surface area contributed by atoms with Crippen molar-refractivity contribution in [1.29, 1.82) is 0 Å². The first-order chi connectivity index (χ1) is 17.0. The molecule has 0 bridgehead atoms.